The fourth-order valence-corrected chi connectivity index (χ4v) is 1.20. The van der Waals surface area contributed by atoms with Crippen LogP contribution in [0, 0.1) is 5.92 Å². The zero-order valence-electron chi connectivity index (χ0n) is 7.59. The first-order valence-electron chi connectivity index (χ1n) is 4.24. The first-order valence-corrected chi connectivity index (χ1v) is 4.24. The maximum atomic E-state index is 2.25. The van der Waals surface area contributed by atoms with Crippen molar-refractivity contribution in [1.29, 1.82) is 0 Å². The van der Waals surface area contributed by atoms with Gasteiger partial charge in [0.2, 0.25) is 0 Å². The molecule has 0 fully saturated rings. The Morgan fingerprint density at radius 2 is 1.73 bits per heavy atom. The van der Waals surface area contributed by atoms with E-state index in [1.165, 1.54) is 16.2 Å². The average molecular weight is 140 g/mol. The molecule has 0 nitrogen and oxygen atoms in total. The van der Waals surface area contributed by atoms with E-state index in [0.717, 1.165) is 5.92 Å². The van der Waals surface area contributed by atoms with Gasteiger partial charge in [-0.25, -0.2) is 0 Å². The first-order chi connectivity index (χ1) is 5.18. The first kappa shape index (κ1) is 8.91. The van der Waals surface area contributed by atoms with Crippen molar-refractivity contribution < 1.29 is 0 Å². The SMILES string of the molecule is [Li][c]1ccc(CC(C)C)cc1. The third-order valence-electron chi connectivity index (χ3n) is 1.76. The molecule has 0 aliphatic rings. The van der Waals surface area contributed by atoms with Crippen LogP contribution in [0.25, 0.3) is 0 Å². The van der Waals surface area contributed by atoms with Crippen LogP contribution < -0.4 is 4.24 Å². The standard InChI is InChI=1S/C10H13.Li/c1-9(2)8-10-6-4-3-5-7-10;/h4-7,9H,8H2,1-2H3;. The molecule has 11 heavy (non-hydrogen) atoms. The van der Waals surface area contributed by atoms with Crippen LogP contribution >= 0.6 is 0 Å². The van der Waals surface area contributed by atoms with Crippen molar-refractivity contribution in [2.75, 3.05) is 0 Å². The summed E-state index contributed by atoms with van der Waals surface area (Å²) in [6.07, 6.45) is 1.19. The van der Waals surface area contributed by atoms with E-state index in [-0.39, 0.29) is 0 Å². The van der Waals surface area contributed by atoms with Crippen molar-refractivity contribution in [3.8, 4) is 0 Å². The second-order valence-electron chi connectivity index (χ2n) is 3.58. The van der Waals surface area contributed by atoms with Crippen LogP contribution in [-0.2, 0) is 6.42 Å². The number of rotatable bonds is 2. The van der Waals surface area contributed by atoms with E-state index >= 15 is 0 Å². The Morgan fingerprint density at radius 3 is 2.18 bits per heavy atom. The van der Waals surface area contributed by atoms with Gasteiger partial charge in [0, 0.05) is 0 Å². The summed E-state index contributed by atoms with van der Waals surface area (Å²) in [6.45, 7) is 4.50. The monoisotopic (exact) mass is 140 g/mol. The van der Waals surface area contributed by atoms with Gasteiger partial charge in [-0.3, -0.25) is 0 Å². The molecule has 0 aromatic heterocycles. The summed E-state index contributed by atoms with van der Waals surface area (Å²) in [7, 11) is 0. The van der Waals surface area contributed by atoms with Crippen LogP contribution in [0.4, 0.5) is 0 Å². The quantitative estimate of drug-likeness (QED) is 0.548. The van der Waals surface area contributed by atoms with Crippen molar-refractivity contribution in [3.05, 3.63) is 29.8 Å². The molecule has 0 radical (unpaired) electrons. The molecule has 0 saturated carbocycles. The Hall–Kier alpha value is -0.183. The summed E-state index contributed by atoms with van der Waals surface area (Å²) in [5.74, 6) is 0.762. The predicted molar refractivity (Wildman–Crippen MR) is 50.4 cm³/mol. The topological polar surface area (TPSA) is 0 Å². The van der Waals surface area contributed by atoms with Gasteiger partial charge in [-0.2, -0.15) is 0 Å². The van der Waals surface area contributed by atoms with E-state index in [1.807, 2.05) is 0 Å². The Balaban J connectivity index is 2.66. The van der Waals surface area contributed by atoms with Crippen LogP contribution in [0.5, 0.6) is 0 Å². The van der Waals surface area contributed by atoms with E-state index < -0.39 is 0 Å². The number of hydrogen-bond donors (Lipinski definition) is 0. The molecule has 0 spiro atoms. The van der Waals surface area contributed by atoms with Crippen molar-refractivity contribution in [1.82, 2.24) is 0 Å². The third-order valence-corrected chi connectivity index (χ3v) is 1.76. The maximum absolute atomic E-state index is 2.25. The van der Waals surface area contributed by atoms with Crippen LogP contribution in [0.3, 0.4) is 0 Å². The van der Waals surface area contributed by atoms with Crippen molar-refractivity contribution in [2.24, 2.45) is 5.92 Å². The van der Waals surface area contributed by atoms with Crippen LogP contribution in [0.1, 0.15) is 19.4 Å². The molecular weight excluding hydrogens is 127 g/mol. The van der Waals surface area contributed by atoms with Gasteiger partial charge in [0.15, 0.2) is 0 Å². The van der Waals surface area contributed by atoms with Gasteiger partial charge in [0.25, 0.3) is 0 Å². The summed E-state index contributed by atoms with van der Waals surface area (Å²) in [4.78, 5) is 0. The van der Waals surface area contributed by atoms with Crippen molar-refractivity contribution in [2.45, 2.75) is 20.3 Å². The molecule has 1 aromatic carbocycles. The van der Waals surface area contributed by atoms with Gasteiger partial charge in [-0.1, -0.05) is 0 Å². The molecule has 54 valence electrons. The molecule has 1 aromatic rings. The van der Waals surface area contributed by atoms with Gasteiger partial charge < -0.3 is 0 Å². The summed E-state index contributed by atoms with van der Waals surface area (Å²) >= 11 is 2.12. The van der Waals surface area contributed by atoms with Gasteiger partial charge in [0.1, 0.15) is 0 Å². The van der Waals surface area contributed by atoms with Crippen molar-refractivity contribution >= 4 is 22.0 Å². The van der Waals surface area contributed by atoms with E-state index in [9.17, 15) is 0 Å². The number of benzene rings is 1. The van der Waals surface area contributed by atoms with E-state index in [4.69, 9.17) is 0 Å². The molecule has 0 aliphatic carbocycles. The summed E-state index contributed by atoms with van der Waals surface area (Å²) in [6, 6.07) is 8.79. The molecule has 0 N–H and O–H groups in total. The zero-order chi connectivity index (χ0) is 8.27. The minimum atomic E-state index is 0.762. The van der Waals surface area contributed by atoms with Gasteiger partial charge >= 0.3 is 78.0 Å². The molecule has 1 heteroatoms. The molecule has 1 rings (SSSR count). The fraction of sp³-hybridized carbons (Fsp3) is 0.400. The molecule has 0 unspecified atom stereocenters. The van der Waals surface area contributed by atoms with E-state index in [2.05, 4.69) is 55.8 Å². The van der Waals surface area contributed by atoms with Crippen molar-refractivity contribution in [3.63, 3.8) is 0 Å². The second-order valence-corrected chi connectivity index (χ2v) is 3.58. The molecule has 0 aliphatic heterocycles. The normalized spacial score (nSPS) is 10.6. The zero-order valence-corrected chi connectivity index (χ0v) is 7.59. The van der Waals surface area contributed by atoms with E-state index in [0.29, 0.717) is 0 Å². The molecular formula is C10H13Li. The average Bonchev–Trinajstić information content (AvgIpc) is 1.93. The van der Waals surface area contributed by atoms with Crippen LogP contribution in [-0.4, -0.2) is 17.7 Å². The van der Waals surface area contributed by atoms with Crippen LogP contribution in [0.15, 0.2) is 24.3 Å². The molecule has 0 heterocycles. The minimum absolute atomic E-state index is 0.762. The third kappa shape index (κ3) is 3.14. The fourth-order valence-electron chi connectivity index (χ4n) is 1.20. The Kier molecular flexibility index (Phi) is 3.24. The molecule has 0 amide bonds. The molecule has 0 bridgehead atoms. The molecule has 0 atom stereocenters. The summed E-state index contributed by atoms with van der Waals surface area (Å²) in [5, 5.41) is 0. The van der Waals surface area contributed by atoms with Gasteiger partial charge in [-0.05, 0) is 0 Å². The Bertz CT molecular complexity index is 211. The Morgan fingerprint density at radius 1 is 1.18 bits per heavy atom. The summed E-state index contributed by atoms with van der Waals surface area (Å²) in [5.41, 5.74) is 1.45. The Labute approximate surface area is 78.2 Å². The predicted octanol–water partition coefficient (Wildman–Crippen LogP) is 1.68. The van der Waals surface area contributed by atoms with Crippen LogP contribution in [0.2, 0.25) is 0 Å². The summed E-state index contributed by atoms with van der Waals surface area (Å²) < 4.78 is 1.34. The second kappa shape index (κ2) is 4.00. The van der Waals surface area contributed by atoms with E-state index in [1.54, 1.807) is 0 Å². The van der Waals surface area contributed by atoms with Gasteiger partial charge in [-0.15, -0.1) is 0 Å². The molecule has 0 saturated heterocycles. The van der Waals surface area contributed by atoms with Gasteiger partial charge in [0.05, 0.1) is 0 Å². The number of hydrogen-bond acceptors (Lipinski definition) is 0.